The van der Waals surface area contributed by atoms with Crippen LogP contribution in [0.15, 0.2) is 42.5 Å². The second-order valence-corrected chi connectivity index (χ2v) is 7.51. The first-order valence-corrected chi connectivity index (χ1v) is 10.1. The van der Waals surface area contributed by atoms with Gasteiger partial charge in [0.05, 0.1) is 11.1 Å². The summed E-state index contributed by atoms with van der Waals surface area (Å²) in [5.41, 5.74) is 2.78. The highest BCUT2D eigenvalue weighted by Crippen LogP contribution is 2.27. The molecule has 2 N–H and O–H groups in total. The Morgan fingerprint density at radius 2 is 1.68 bits per heavy atom. The lowest BCUT2D eigenvalue weighted by Crippen LogP contribution is -2.30. The molecule has 5 nitrogen and oxygen atoms in total. The van der Waals surface area contributed by atoms with E-state index in [9.17, 15) is 9.59 Å². The van der Waals surface area contributed by atoms with Gasteiger partial charge in [0.25, 0.3) is 5.91 Å². The molecule has 2 aromatic rings. The van der Waals surface area contributed by atoms with Gasteiger partial charge in [0.15, 0.2) is 0 Å². The van der Waals surface area contributed by atoms with Gasteiger partial charge in [0.2, 0.25) is 0 Å². The van der Waals surface area contributed by atoms with E-state index in [2.05, 4.69) is 10.2 Å². The van der Waals surface area contributed by atoms with Crippen molar-refractivity contribution in [3.63, 3.8) is 0 Å². The second kappa shape index (κ2) is 9.60. The lowest BCUT2D eigenvalue weighted by atomic mass is 10.1. The molecule has 1 aliphatic rings. The predicted octanol–water partition coefficient (Wildman–Crippen LogP) is 4.39. The maximum Gasteiger partial charge on any atom is 0.335 e. The average molecular weight is 401 g/mol. The van der Waals surface area contributed by atoms with Gasteiger partial charge in [-0.05, 0) is 55.2 Å². The Hall–Kier alpha value is -2.53. The molecule has 0 unspecified atom stereocenters. The molecule has 0 aliphatic carbocycles. The quantitative estimate of drug-likeness (QED) is 0.754. The summed E-state index contributed by atoms with van der Waals surface area (Å²) in [6, 6.07) is 12.2. The van der Waals surface area contributed by atoms with E-state index in [1.165, 1.54) is 12.8 Å². The van der Waals surface area contributed by atoms with Crippen molar-refractivity contribution in [2.75, 3.05) is 24.5 Å². The Morgan fingerprint density at radius 1 is 1.00 bits per heavy atom. The van der Waals surface area contributed by atoms with E-state index in [0.717, 1.165) is 37.2 Å². The molecule has 0 spiro atoms. The van der Waals surface area contributed by atoms with Gasteiger partial charge in [0.1, 0.15) is 0 Å². The average Bonchev–Trinajstić information content (AvgIpc) is 2.97. The summed E-state index contributed by atoms with van der Waals surface area (Å²) in [5, 5.41) is 12.5. The monoisotopic (exact) mass is 400 g/mol. The molecule has 6 heteroatoms. The predicted molar refractivity (Wildman–Crippen MR) is 112 cm³/mol. The van der Waals surface area contributed by atoms with Crippen LogP contribution >= 0.6 is 11.6 Å². The van der Waals surface area contributed by atoms with Gasteiger partial charge in [-0.15, -0.1) is 0 Å². The van der Waals surface area contributed by atoms with Crippen LogP contribution in [0, 0.1) is 0 Å². The minimum atomic E-state index is -0.943. The third kappa shape index (κ3) is 5.26. The van der Waals surface area contributed by atoms with E-state index in [1.807, 2.05) is 12.1 Å². The second-order valence-electron chi connectivity index (χ2n) is 7.07. The lowest BCUT2D eigenvalue weighted by Gasteiger charge is -2.25. The summed E-state index contributed by atoms with van der Waals surface area (Å²) < 4.78 is 0. The molecule has 28 heavy (non-hydrogen) atoms. The molecule has 1 amide bonds. The number of amides is 1. The topological polar surface area (TPSA) is 69.6 Å². The van der Waals surface area contributed by atoms with Gasteiger partial charge in [-0.25, -0.2) is 4.79 Å². The minimum absolute atomic E-state index is 0.135. The normalized spacial score (nSPS) is 14.4. The van der Waals surface area contributed by atoms with Crippen molar-refractivity contribution in [1.29, 1.82) is 0 Å². The van der Waals surface area contributed by atoms with Crippen LogP contribution in [0.4, 0.5) is 5.69 Å². The van der Waals surface area contributed by atoms with Gasteiger partial charge in [-0.1, -0.05) is 36.6 Å². The van der Waals surface area contributed by atoms with Gasteiger partial charge in [0, 0.05) is 30.3 Å². The molecule has 2 aromatic carbocycles. The van der Waals surface area contributed by atoms with E-state index in [-0.39, 0.29) is 11.5 Å². The Balaban J connectivity index is 1.64. The first-order chi connectivity index (χ1) is 13.5. The van der Waals surface area contributed by atoms with Gasteiger partial charge in [-0.2, -0.15) is 0 Å². The minimum Gasteiger partial charge on any atom is -0.478 e. The third-order valence-corrected chi connectivity index (χ3v) is 5.29. The molecule has 1 saturated heterocycles. The highest BCUT2D eigenvalue weighted by molar-refractivity contribution is 6.31. The number of aromatic carboxylic acids is 1. The van der Waals surface area contributed by atoms with Crippen LogP contribution in [-0.2, 0) is 6.42 Å². The third-order valence-electron chi connectivity index (χ3n) is 5.05. The summed E-state index contributed by atoms with van der Waals surface area (Å²) in [5.74, 6) is -1.08. The molecule has 1 aliphatic heterocycles. The lowest BCUT2D eigenvalue weighted by molar-refractivity contribution is 0.0696. The fraction of sp³-hybridized carbons (Fsp3) is 0.364. The van der Waals surface area contributed by atoms with Crippen molar-refractivity contribution < 1.29 is 14.7 Å². The van der Waals surface area contributed by atoms with Crippen molar-refractivity contribution in [2.24, 2.45) is 0 Å². The van der Waals surface area contributed by atoms with Crippen molar-refractivity contribution in [2.45, 2.75) is 32.1 Å². The summed E-state index contributed by atoms with van der Waals surface area (Å²) >= 11 is 6.16. The fourth-order valence-electron chi connectivity index (χ4n) is 3.51. The molecule has 1 heterocycles. The number of carbonyl (C=O) groups excluding carboxylic acids is 1. The summed E-state index contributed by atoms with van der Waals surface area (Å²) in [4.78, 5) is 26.0. The maximum atomic E-state index is 12.8. The zero-order valence-electron chi connectivity index (χ0n) is 15.8. The molecular weight excluding hydrogens is 376 g/mol. The SMILES string of the molecule is O=C(O)c1ccc(CCNC(=O)c2cc(Cl)ccc2N2CCCCCC2)cc1. The molecule has 0 atom stereocenters. The molecule has 0 radical (unpaired) electrons. The highest BCUT2D eigenvalue weighted by Gasteiger charge is 2.18. The van der Waals surface area contributed by atoms with E-state index >= 15 is 0 Å². The summed E-state index contributed by atoms with van der Waals surface area (Å²) in [6.45, 7) is 2.38. The first-order valence-electron chi connectivity index (χ1n) is 9.69. The van der Waals surface area contributed by atoms with Crippen LogP contribution in [0.25, 0.3) is 0 Å². The number of anilines is 1. The Kier molecular flexibility index (Phi) is 6.93. The van der Waals surface area contributed by atoms with Crippen LogP contribution in [0.5, 0.6) is 0 Å². The van der Waals surface area contributed by atoms with Crippen LogP contribution in [0.1, 0.15) is 52.0 Å². The van der Waals surface area contributed by atoms with Crippen molar-refractivity contribution in [1.82, 2.24) is 5.32 Å². The zero-order chi connectivity index (χ0) is 19.9. The van der Waals surface area contributed by atoms with E-state index < -0.39 is 5.97 Å². The smallest absolute Gasteiger partial charge is 0.335 e. The standard InChI is InChI=1S/C22H25ClN2O3/c23-18-9-10-20(25-13-3-1-2-4-14-25)19(15-18)21(26)24-12-11-16-5-7-17(8-6-16)22(27)28/h5-10,15H,1-4,11-14H2,(H,24,26)(H,27,28). The molecule has 148 valence electrons. The van der Waals surface area contributed by atoms with Gasteiger partial charge < -0.3 is 15.3 Å². The number of nitrogens with zero attached hydrogens (tertiary/aromatic N) is 1. The highest BCUT2D eigenvalue weighted by atomic mass is 35.5. The van der Waals surface area contributed by atoms with E-state index in [1.54, 1.807) is 30.3 Å². The van der Waals surface area contributed by atoms with Gasteiger partial charge in [-0.3, -0.25) is 4.79 Å². The Bertz CT molecular complexity index is 828. The zero-order valence-corrected chi connectivity index (χ0v) is 16.5. The number of nitrogens with one attached hydrogen (secondary N) is 1. The number of carbonyl (C=O) groups is 2. The summed E-state index contributed by atoms with van der Waals surface area (Å²) in [7, 11) is 0. The molecule has 1 fully saturated rings. The number of hydrogen-bond acceptors (Lipinski definition) is 3. The number of halogens is 1. The number of benzene rings is 2. The number of rotatable bonds is 6. The summed E-state index contributed by atoms with van der Waals surface area (Å²) in [6.07, 6.45) is 5.36. The number of hydrogen-bond donors (Lipinski definition) is 2. The van der Waals surface area contributed by atoms with E-state index in [0.29, 0.717) is 23.6 Å². The molecule has 3 rings (SSSR count). The van der Waals surface area contributed by atoms with Crippen LogP contribution in [0.2, 0.25) is 5.02 Å². The Morgan fingerprint density at radius 3 is 2.32 bits per heavy atom. The van der Waals surface area contributed by atoms with Crippen molar-refractivity contribution >= 4 is 29.2 Å². The largest absolute Gasteiger partial charge is 0.478 e. The van der Waals surface area contributed by atoms with Gasteiger partial charge >= 0.3 is 5.97 Å². The van der Waals surface area contributed by atoms with Crippen molar-refractivity contribution in [3.05, 3.63) is 64.2 Å². The first kappa shape index (κ1) is 20.2. The maximum absolute atomic E-state index is 12.8. The fourth-order valence-corrected chi connectivity index (χ4v) is 3.68. The Labute approximate surface area is 170 Å². The van der Waals surface area contributed by atoms with Crippen LogP contribution < -0.4 is 10.2 Å². The van der Waals surface area contributed by atoms with Crippen molar-refractivity contribution in [3.8, 4) is 0 Å². The number of carboxylic acids is 1. The van der Waals surface area contributed by atoms with Crippen LogP contribution in [0.3, 0.4) is 0 Å². The molecular formula is C22H25ClN2O3. The van der Waals surface area contributed by atoms with Crippen LogP contribution in [-0.4, -0.2) is 36.6 Å². The molecule has 0 aromatic heterocycles. The van der Waals surface area contributed by atoms with E-state index in [4.69, 9.17) is 16.7 Å². The molecule has 0 saturated carbocycles. The number of carboxylic acid groups (broad SMARTS) is 1. The molecule has 0 bridgehead atoms.